The fourth-order valence-corrected chi connectivity index (χ4v) is 2.46. The number of rotatable bonds is 2. The van der Waals surface area contributed by atoms with Gasteiger partial charge in [0.2, 0.25) is 6.10 Å². The number of esters is 1. The molecule has 5 nitrogen and oxygen atoms in total. The highest BCUT2D eigenvalue weighted by molar-refractivity contribution is 5.94. The maximum absolute atomic E-state index is 11.5. The van der Waals surface area contributed by atoms with E-state index in [1.807, 2.05) is 0 Å². The van der Waals surface area contributed by atoms with E-state index in [2.05, 4.69) is 5.16 Å². The van der Waals surface area contributed by atoms with Crippen molar-refractivity contribution in [1.82, 2.24) is 0 Å². The monoisotopic (exact) mass is 225 g/mol. The summed E-state index contributed by atoms with van der Waals surface area (Å²) in [6.07, 6.45) is 3.05. The second-order valence-corrected chi connectivity index (χ2v) is 4.66. The molecule has 0 aromatic rings. The normalized spacial score (nSPS) is 37.3. The average Bonchev–Trinajstić information content (AvgIpc) is 3.08. The van der Waals surface area contributed by atoms with Gasteiger partial charge in [0.25, 0.3) is 0 Å². The Labute approximate surface area is 93.7 Å². The molecule has 2 fully saturated rings. The molecule has 2 heterocycles. The lowest BCUT2D eigenvalue weighted by atomic mass is 9.88. The molecule has 0 aromatic carbocycles. The molecule has 0 aromatic heterocycles. The summed E-state index contributed by atoms with van der Waals surface area (Å²) >= 11 is 0. The molecule has 5 heteroatoms. The molecule has 16 heavy (non-hydrogen) atoms. The second-order valence-electron chi connectivity index (χ2n) is 4.66. The minimum Gasteiger partial charge on any atom is -0.466 e. The summed E-state index contributed by atoms with van der Waals surface area (Å²) in [7, 11) is 1.38. The van der Waals surface area contributed by atoms with Gasteiger partial charge in [-0.3, -0.25) is 0 Å². The van der Waals surface area contributed by atoms with Gasteiger partial charge in [0.05, 0.1) is 31.5 Å². The summed E-state index contributed by atoms with van der Waals surface area (Å²) < 4.78 is 10.4. The highest BCUT2D eigenvalue weighted by Gasteiger charge is 2.47. The van der Waals surface area contributed by atoms with Gasteiger partial charge in [0.1, 0.15) is 0 Å². The number of fused-ring (bicyclic) bond motifs is 1. The first-order chi connectivity index (χ1) is 7.79. The standard InChI is InChI=1S/C11H15NO4/c1-14-11(13)10-7-4-9(6-2-3-6)15-5-8(7)12-16-10/h6-7,9-10H,2-5H2,1H3. The molecule has 3 unspecified atom stereocenters. The molecular weight excluding hydrogens is 210 g/mol. The van der Waals surface area contributed by atoms with E-state index in [0.717, 1.165) is 12.1 Å². The topological polar surface area (TPSA) is 57.1 Å². The summed E-state index contributed by atoms with van der Waals surface area (Å²) in [4.78, 5) is 16.6. The molecule has 3 atom stereocenters. The summed E-state index contributed by atoms with van der Waals surface area (Å²) in [5, 5.41) is 3.91. The molecule has 1 saturated heterocycles. The van der Waals surface area contributed by atoms with Crippen molar-refractivity contribution in [2.45, 2.75) is 31.5 Å². The van der Waals surface area contributed by atoms with Crippen molar-refractivity contribution < 1.29 is 19.1 Å². The molecular formula is C11H15NO4. The van der Waals surface area contributed by atoms with E-state index in [-0.39, 0.29) is 18.0 Å². The molecule has 0 radical (unpaired) electrons. The Morgan fingerprint density at radius 1 is 1.50 bits per heavy atom. The lowest BCUT2D eigenvalue weighted by Crippen LogP contribution is -2.41. The van der Waals surface area contributed by atoms with Crippen molar-refractivity contribution in [2.75, 3.05) is 13.7 Å². The van der Waals surface area contributed by atoms with E-state index < -0.39 is 6.10 Å². The summed E-state index contributed by atoms with van der Waals surface area (Å²) in [5.74, 6) is 0.410. The van der Waals surface area contributed by atoms with Crippen LogP contribution in [-0.4, -0.2) is 37.6 Å². The zero-order valence-electron chi connectivity index (χ0n) is 9.22. The molecule has 2 aliphatic heterocycles. The van der Waals surface area contributed by atoms with Crippen LogP contribution in [0.3, 0.4) is 0 Å². The van der Waals surface area contributed by atoms with Crippen LogP contribution in [0.25, 0.3) is 0 Å². The number of hydrogen-bond donors (Lipinski definition) is 0. The van der Waals surface area contributed by atoms with E-state index in [0.29, 0.717) is 12.5 Å². The van der Waals surface area contributed by atoms with Gasteiger partial charge in [-0.15, -0.1) is 0 Å². The van der Waals surface area contributed by atoms with Crippen LogP contribution in [0.1, 0.15) is 19.3 Å². The highest BCUT2D eigenvalue weighted by Crippen LogP contribution is 2.41. The van der Waals surface area contributed by atoms with Crippen molar-refractivity contribution in [2.24, 2.45) is 17.0 Å². The number of ether oxygens (including phenoxy) is 2. The Morgan fingerprint density at radius 3 is 3.00 bits per heavy atom. The van der Waals surface area contributed by atoms with Crippen LogP contribution in [0.2, 0.25) is 0 Å². The van der Waals surface area contributed by atoms with Crippen LogP contribution in [0.4, 0.5) is 0 Å². The first-order valence-electron chi connectivity index (χ1n) is 5.71. The highest BCUT2D eigenvalue weighted by atomic mass is 16.7. The lowest BCUT2D eigenvalue weighted by Gasteiger charge is -2.28. The molecule has 3 aliphatic rings. The first kappa shape index (κ1) is 10.1. The molecule has 88 valence electrons. The molecule has 0 bridgehead atoms. The molecule has 3 rings (SSSR count). The van der Waals surface area contributed by atoms with Crippen LogP contribution in [0, 0.1) is 11.8 Å². The number of hydrogen-bond acceptors (Lipinski definition) is 5. The zero-order valence-corrected chi connectivity index (χ0v) is 9.22. The van der Waals surface area contributed by atoms with Crippen LogP contribution < -0.4 is 0 Å². The van der Waals surface area contributed by atoms with Gasteiger partial charge < -0.3 is 14.3 Å². The van der Waals surface area contributed by atoms with Gasteiger partial charge in [-0.25, -0.2) is 4.79 Å². The number of nitrogens with zero attached hydrogens (tertiary/aromatic N) is 1. The van der Waals surface area contributed by atoms with Crippen molar-refractivity contribution >= 4 is 11.7 Å². The van der Waals surface area contributed by atoms with Gasteiger partial charge in [-0.1, -0.05) is 5.16 Å². The Balaban J connectivity index is 1.71. The predicted octanol–water partition coefficient (Wildman–Crippen LogP) is 0.729. The fraction of sp³-hybridized carbons (Fsp3) is 0.818. The molecule has 0 amide bonds. The first-order valence-corrected chi connectivity index (χ1v) is 5.71. The van der Waals surface area contributed by atoms with E-state index in [9.17, 15) is 4.79 Å². The van der Waals surface area contributed by atoms with Gasteiger partial charge in [0.15, 0.2) is 0 Å². The smallest absolute Gasteiger partial charge is 0.350 e. The Hall–Kier alpha value is -1.10. The predicted molar refractivity (Wildman–Crippen MR) is 54.9 cm³/mol. The van der Waals surface area contributed by atoms with Crippen LogP contribution in [-0.2, 0) is 19.1 Å². The largest absolute Gasteiger partial charge is 0.466 e. The quantitative estimate of drug-likeness (QED) is 0.650. The number of carbonyl (C=O) groups excluding carboxylic acids is 1. The maximum Gasteiger partial charge on any atom is 0.350 e. The number of oxime groups is 1. The lowest BCUT2D eigenvalue weighted by molar-refractivity contribution is -0.155. The summed E-state index contributed by atoms with van der Waals surface area (Å²) in [5.41, 5.74) is 0.854. The van der Waals surface area contributed by atoms with E-state index in [4.69, 9.17) is 14.3 Å². The summed E-state index contributed by atoms with van der Waals surface area (Å²) in [6.45, 7) is 0.499. The van der Waals surface area contributed by atoms with Crippen molar-refractivity contribution in [3.05, 3.63) is 0 Å². The number of carbonyl (C=O) groups is 1. The van der Waals surface area contributed by atoms with E-state index in [1.54, 1.807) is 0 Å². The minimum absolute atomic E-state index is 0.0619. The van der Waals surface area contributed by atoms with Gasteiger partial charge in [0, 0.05) is 0 Å². The second kappa shape index (κ2) is 3.73. The number of methoxy groups -OCH3 is 1. The molecule has 0 N–H and O–H groups in total. The van der Waals surface area contributed by atoms with Crippen molar-refractivity contribution in [3.8, 4) is 0 Å². The third-order valence-electron chi connectivity index (χ3n) is 3.59. The SMILES string of the molecule is COC(=O)C1ON=C2COC(C3CC3)CC21. The minimum atomic E-state index is -0.551. The third kappa shape index (κ3) is 1.59. The maximum atomic E-state index is 11.5. The summed E-state index contributed by atoms with van der Waals surface area (Å²) in [6, 6.07) is 0. The van der Waals surface area contributed by atoms with Crippen molar-refractivity contribution in [1.29, 1.82) is 0 Å². The van der Waals surface area contributed by atoms with Crippen molar-refractivity contribution in [3.63, 3.8) is 0 Å². The van der Waals surface area contributed by atoms with Gasteiger partial charge in [-0.2, -0.15) is 0 Å². The van der Waals surface area contributed by atoms with Crippen LogP contribution >= 0.6 is 0 Å². The Bertz CT molecular complexity index is 337. The van der Waals surface area contributed by atoms with Crippen LogP contribution in [0.5, 0.6) is 0 Å². The molecule has 0 spiro atoms. The molecule has 1 aliphatic carbocycles. The van der Waals surface area contributed by atoms with E-state index >= 15 is 0 Å². The van der Waals surface area contributed by atoms with Gasteiger partial charge in [-0.05, 0) is 25.2 Å². The third-order valence-corrected chi connectivity index (χ3v) is 3.59. The van der Waals surface area contributed by atoms with Crippen LogP contribution in [0.15, 0.2) is 5.16 Å². The Kier molecular flexibility index (Phi) is 2.35. The van der Waals surface area contributed by atoms with Gasteiger partial charge >= 0.3 is 5.97 Å². The zero-order chi connectivity index (χ0) is 11.1. The fourth-order valence-electron chi connectivity index (χ4n) is 2.46. The average molecular weight is 225 g/mol. The van der Waals surface area contributed by atoms with E-state index in [1.165, 1.54) is 20.0 Å². The molecule has 1 saturated carbocycles. The Morgan fingerprint density at radius 2 is 2.31 bits per heavy atom.